The normalized spacial score (nSPS) is 10.3. The van der Waals surface area contributed by atoms with Gasteiger partial charge >= 0.3 is 39.7 Å². The molecule has 0 aliphatic carbocycles. The molecule has 1 N–H and O–H groups in total. The topological polar surface area (TPSA) is 67.3 Å². The number of hydrogen-bond acceptors (Lipinski definition) is 3. The van der Waals surface area contributed by atoms with Crippen molar-refractivity contribution in [1.82, 2.24) is 4.98 Å². The molecule has 6 heteroatoms. The Morgan fingerprint density at radius 2 is 2.00 bits per heavy atom. The van der Waals surface area contributed by atoms with E-state index in [1.54, 1.807) is 6.07 Å². The van der Waals surface area contributed by atoms with Crippen LogP contribution in [-0.4, -0.2) is 47.5 Å². The molecule has 0 spiro atoms. The Kier molecular flexibility index (Phi) is 4.20. The Morgan fingerprint density at radius 3 is 2.27 bits per heavy atom. The summed E-state index contributed by atoms with van der Waals surface area (Å²) in [5, 5.41) is -0.324. The molecular weight excluding hydrogens is 177 g/mol. The summed E-state index contributed by atoms with van der Waals surface area (Å²) in [7, 11) is -4.11. The second-order valence-electron chi connectivity index (χ2n) is 1.64. The first-order valence-electron chi connectivity index (χ1n) is 2.49. The summed E-state index contributed by atoms with van der Waals surface area (Å²) in [6.45, 7) is 0. The van der Waals surface area contributed by atoms with Crippen molar-refractivity contribution in [1.29, 1.82) is 0 Å². The summed E-state index contributed by atoms with van der Waals surface area (Å²) in [6.07, 6.45) is 1.29. The Hall–Kier alpha value is 0.0600. The van der Waals surface area contributed by atoms with E-state index in [1.165, 1.54) is 18.3 Å². The Balaban J connectivity index is 0.000001000. The summed E-state index contributed by atoms with van der Waals surface area (Å²) in [4.78, 5) is 3.41. The molecule has 0 aromatic carbocycles. The van der Waals surface area contributed by atoms with Gasteiger partial charge in [0.25, 0.3) is 0 Å². The SMILES string of the molecule is O=S(=O)(O)c1ccccn1.[NaH]. The van der Waals surface area contributed by atoms with Crippen LogP contribution in [0, 0.1) is 0 Å². The first-order valence-corrected chi connectivity index (χ1v) is 3.93. The van der Waals surface area contributed by atoms with Gasteiger partial charge < -0.3 is 0 Å². The second-order valence-corrected chi connectivity index (χ2v) is 3.01. The Bertz CT molecular complexity index is 310. The summed E-state index contributed by atoms with van der Waals surface area (Å²) in [5.74, 6) is 0. The van der Waals surface area contributed by atoms with Crippen molar-refractivity contribution in [2.24, 2.45) is 0 Å². The van der Waals surface area contributed by atoms with Crippen LogP contribution in [0.1, 0.15) is 0 Å². The third kappa shape index (κ3) is 3.31. The van der Waals surface area contributed by atoms with Crippen molar-refractivity contribution < 1.29 is 13.0 Å². The standard InChI is InChI=1S/C5H5NO3S.Na.H/c7-10(8,9)5-3-1-2-4-6-5;;/h1-4H,(H,7,8,9);;. The van der Waals surface area contributed by atoms with Gasteiger partial charge in [-0.1, -0.05) is 6.07 Å². The van der Waals surface area contributed by atoms with E-state index in [9.17, 15) is 8.42 Å². The third-order valence-corrected chi connectivity index (χ3v) is 1.67. The van der Waals surface area contributed by atoms with Crippen molar-refractivity contribution >= 4 is 39.7 Å². The quantitative estimate of drug-likeness (QED) is 0.478. The number of rotatable bonds is 1. The zero-order chi connectivity index (χ0) is 7.61. The Morgan fingerprint density at radius 1 is 1.36 bits per heavy atom. The van der Waals surface area contributed by atoms with Crippen molar-refractivity contribution in [2.75, 3.05) is 0 Å². The van der Waals surface area contributed by atoms with Gasteiger partial charge in [0, 0.05) is 6.20 Å². The van der Waals surface area contributed by atoms with E-state index >= 15 is 0 Å². The maximum atomic E-state index is 10.3. The predicted molar refractivity (Wildman–Crippen MR) is 41.2 cm³/mol. The van der Waals surface area contributed by atoms with Gasteiger partial charge in [-0.3, -0.25) is 4.55 Å². The van der Waals surface area contributed by atoms with Crippen LogP contribution in [0.25, 0.3) is 0 Å². The van der Waals surface area contributed by atoms with Crippen LogP contribution in [0.15, 0.2) is 29.4 Å². The van der Waals surface area contributed by atoms with Crippen molar-refractivity contribution in [3.8, 4) is 0 Å². The molecule has 0 aliphatic rings. The fourth-order valence-electron chi connectivity index (χ4n) is 0.500. The van der Waals surface area contributed by atoms with Crippen molar-refractivity contribution in [3.05, 3.63) is 24.4 Å². The molecule has 0 amide bonds. The monoisotopic (exact) mass is 183 g/mol. The van der Waals surface area contributed by atoms with Crippen LogP contribution in [0.4, 0.5) is 0 Å². The van der Waals surface area contributed by atoms with Crippen molar-refractivity contribution in [3.63, 3.8) is 0 Å². The van der Waals surface area contributed by atoms with E-state index < -0.39 is 10.1 Å². The van der Waals surface area contributed by atoms with Gasteiger partial charge in [-0.05, 0) is 12.1 Å². The molecule has 4 nitrogen and oxygen atoms in total. The van der Waals surface area contributed by atoms with Gasteiger partial charge in [0.2, 0.25) is 0 Å². The molecule has 1 heterocycles. The van der Waals surface area contributed by atoms with Crippen LogP contribution in [0.2, 0.25) is 0 Å². The van der Waals surface area contributed by atoms with Crippen LogP contribution in [0.3, 0.4) is 0 Å². The third-order valence-electron chi connectivity index (χ3n) is 0.902. The fraction of sp³-hybridized carbons (Fsp3) is 0. The summed E-state index contributed by atoms with van der Waals surface area (Å²) >= 11 is 0. The van der Waals surface area contributed by atoms with Crippen LogP contribution < -0.4 is 0 Å². The number of nitrogens with zero attached hydrogens (tertiary/aromatic N) is 1. The van der Waals surface area contributed by atoms with Crippen LogP contribution >= 0.6 is 0 Å². The molecule has 0 saturated carbocycles. The number of hydrogen-bond donors (Lipinski definition) is 1. The van der Waals surface area contributed by atoms with Gasteiger partial charge in [-0.15, -0.1) is 0 Å². The molecule has 0 saturated heterocycles. The molecule has 0 atom stereocenters. The van der Waals surface area contributed by atoms with Gasteiger partial charge in [0.05, 0.1) is 0 Å². The zero-order valence-electron chi connectivity index (χ0n) is 4.93. The van der Waals surface area contributed by atoms with E-state index in [2.05, 4.69) is 4.98 Å². The van der Waals surface area contributed by atoms with Gasteiger partial charge in [0.15, 0.2) is 5.03 Å². The molecule has 0 aliphatic heterocycles. The summed E-state index contributed by atoms with van der Waals surface area (Å²) < 4.78 is 29.1. The minimum atomic E-state index is -4.11. The van der Waals surface area contributed by atoms with E-state index in [-0.39, 0.29) is 34.6 Å². The van der Waals surface area contributed by atoms with Gasteiger partial charge in [-0.25, -0.2) is 4.98 Å². The van der Waals surface area contributed by atoms with Gasteiger partial charge in [-0.2, -0.15) is 8.42 Å². The first kappa shape index (κ1) is 11.1. The number of aromatic nitrogens is 1. The zero-order valence-corrected chi connectivity index (χ0v) is 5.75. The Labute approximate surface area is 86.7 Å². The molecule has 11 heavy (non-hydrogen) atoms. The maximum absolute atomic E-state index is 10.3. The van der Waals surface area contributed by atoms with E-state index in [0.29, 0.717) is 0 Å². The minimum absolute atomic E-state index is 0. The molecule has 1 aromatic heterocycles. The average molecular weight is 183 g/mol. The molecule has 0 fully saturated rings. The molecule has 0 unspecified atom stereocenters. The molecule has 0 bridgehead atoms. The molecule has 0 radical (unpaired) electrons. The van der Waals surface area contributed by atoms with E-state index in [1.807, 2.05) is 0 Å². The van der Waals surface area contributed by atoms with Gasteiger partial charge in [0.1, 0.15) is 0 Å². The summed E-state index contributed by atoms with van der Waals surface area (Å²) in [5.41, 5.74) is 0. The van der Waals surface area contributed by atoms with Crippen LogP contribution in [-0.2, 0) is 10.1 Å². The molecule has 1 aromatic rings. The van der Waals surface area contributed by atoms with E-state index in [0.717, 1.165) is 0 Å². The average Bonchev–Trinajstić information content (AvgIpc) is 1.88. The molecule has 56 valence electrons. The second kappa shape index (κ2) is 4.18. The van der Waals surface area contributed by atoms with Crippen LogP contribution in [0.5, 0.6) is 0 Å². The summed E-state index contributed by atoms with van der Waals surface area (Å²) in [6, 6.07) is 4.26. The first-order chi connectivity index (χ1) is 4.61. The number of pyridine rings is 1. The molecular formula is C5H6NNaO3S. The fourth-order valence-corrected chi connectivity index (χ4v) is 0.944. The van der Waals surface area contributed by atoms with E-state index in [4.69, 9.17) is 4.55 Å². The van der Waals surface area contributed by atoms with Crippen molar-refractivity contribution in [2.45, 2.75) is 5.03 Å². The predicted octanol–water partition coefficient (Wildman–Crippen LogP) is -0.320. The molecule has 1 rings (SSSR count).